The molecule has 0 spiro atoms. The van der Waals surface area contributed by atoms with Crippen LogP contribution in [0.5, 0.6) is 6.01 Å². The number of hydrogen-bond donors (Lipinski definition) is 0. The fourth-order valence-electron chi connectivity index (χ4n) is 1.98. The van der Waals surface area contributed by atoms with Gasteiger partial charge in [-0.25, -0.2) is 4.98 Å². The van der Waals surface area contributed by atoms with E-state index in [0.29, 0.717) is 23.9 Å². The van der Waals surface area contributed by atoms with Gasteiger partial charge in [0.1, 0.15) is 10.4 Å². The van der Waals surface area contributed by atoms with Crippen molar-refractivity contribution >= 4 is 23.4 Å². The molecule has 98 valence electrons. The lowest BCUT2D eigenvalue weighted by Crippen LogP contribution is -2.59. The number of carbonyl (C=O) groups excluding carboxylic acids is 1. The third-order valence-corrected chi connectivity index (χ3v) is 3.21. The lowest BCUT2D eigenvalue weighted by molar-refractivity contribution is -0.153. The molecule has 0 saturated carbocycles. The number of carbonyl (C=O) groups is 1. The van der Waals surface area contributed by atoms with Crippen molar-refractivity contribution in [3.05, 3.63) is 11.2 Å². The second-order valence-corrected chi connectivity index (χ2v) is 4.84. The molecule has 1 saturated heterocycles. The van der Waals surface area contributed by atoms with Crippen molar-refractivity contribution in [1.29, 1.82) is 0 Å². The van der Waals surface area contributed by atoms with Gasteiger partial charge in [-0.3, -0.25) is 4.79 Å². The van der Waals surface area contributed by atoms with E-state index in [0.717, 1.165) is 0 Å². The third kappa shape index (κ3) is 2.08. The van der Waals surface area contributed by atoms with Crippen LogP contribution in [-0.2, 0) is 9.53 Å². The zero-order chi connectivity index (χ0) is 13.3. The first kappa shape index (κ1) is 12.9. The van der Waals surface area contributed by atoms with Crippen LogP contribution < -0.4 is 9.64 Å². The number of ether oxygens (including phenoxy) is 2. The highest BCUT2D eigenvalue weighted by Gasteiger charge is 2.47. The van der Waals surface area contributed by atoms with Crippen molar-refractivity contribution in [1.82, 2.24) is 9.97 Å². The summed E-state index contributed by atoms with van der Waals surface area (Å²) in [5.74, 6) is 0.348. The van der Waals surface area contributed by atoms with E-state index < -0.39 is 5.41 Å². The highest BCUT2D eigenvalue weighted by Crippen LogP contribution is 2.37. The van der Waals surface area contributed by atoms with Crippen LogP contribution in [0.25, 0.3) is 0 Å². The Balaban J connectivity index is 2.15. The first-order chi connectivity index (χ1) is 8.50. The maximum absolute atomic E-state index is 11.6. The average Bonchev–Trinajstić information content (AvgIpc) is 2.35. The Labute approximate surface area is 110 Å². The summed E-state index contributed by atoms with van der Waals surface area (Å²) >= 11 is 6.03. The van der Waals surface area contributed by atoms with Crippen molar-refractivity contribution in [3.63, 3.8) is 0 Å². The Kier molecular flexibility index (Phi) is 3.30. The van der Waals surface area contributed by atoms with Gasteiger partial charge in [0.15, 0.2) is 5.82 Å². The predicted molar refractivity (Wildman–Crippen MR) is 65.9 cm³/mol. The van der Waals surface area contributed by atoms with E-state index in [2.05, 4.69) is 9.97 Å². The molecule has 1 aliphatic rings. The van der Waals surface area contributed by atoms with E-state index in [-0.39, 0.29) is 12.0 Å². The van der Waals surface area contributed by atoms with Gasteiger partial charge in [-0.2, -0.15) is 4.98 Å². The van der Waals surface area contributed by atoms with Crippen molar-refractivity contribution in [2.24, 2.45) is 5.41 Å². The third-order valence-electron chi connectivity index (χ3n) is 2.94. The summed E-state index contributed by atoms with van der Waals surface area (Å²) in [6.07, 6.45) is 1.48. The Morgan fingerprint density at radius 2 is 2.17 bits per heavy atom. The molecule has 1 aromatic heterocycles. The minimum Gasteiger partial charge on any atom is -0.468 e. The molecule has 0 radical (unpaired) electrons. The van der Waals surface area contributed by atoms with E-state index in [1.807, 2.05) is 11.8 Å². The van der Waals surface area contributed by atoms with Gasteiger partial charge in [-0.05, 0) is 6.92 Å². The highest BCUT2D eigenvalue weighted by molar-refractivity contribution is 6.32. The van der Waals surface area contributed by atoms with Crippen LogP contribution in [0.15, 0.2) is 6.20 Å². The van der Waals surface area contributed by atoms with Crippen molar-refractivity contribution in [3.8, 4) is 6.01 Å². The van der Waals surface area contributed by atoms with E-state index >= 15 is 0 Å². The first-order valence-electron chi connectivity index (χ1n) is 5.40. The van der Waals surface area contributed by atoms with Gasteiger partial charge in [0, 0.05) is 13.1 Å². The fraction of sp³-hybridized carbons (Fsp3) is 0.545. The molecule has 0 N–H and O–H groups in total. The molecule has 0 amide bonds. The molecule has 1 fully saturated rings. The largest absolute Gasteiger partial charge is 0.468 e. The van der Waals surface area contributed by atoms with Gasteiger partial charge in [-0.15, -0.1) is 0 Å². The maximum Gasteiger partial charge on any atom is 0.318 e. The van der Waals surface area contributed by atoms with Gasteiger partial charge < -0.3 is 14.4 Å². The molecule has 1 aromatic rings. The summed E-state index contributed by atoms with van der Waals surface area (Å²) in [5, 5.41) is 0.433. The molecular weight excluding hydrogens is 258 g/mol. The topological polar surface area (TPSA) is 64.5 Å². The lowest BCUT2D eigenvalue weighted by atomic mass is 9.82. The van der Waals surface area contributed by atoms with Gasteiger partial charge in [0.05, 0.1) is 20.4 Å². The molecule has 0 aromatic carbocycles. The van der Waals surface area contributed by atoms with Crippen LogP contribution in [0.2, 0.25) is 5.02 Å². The fourth-order valence-corrected chi connectivity index (χ4v) is 2.19. The molecule has 7 heteroatoms. The summed E-state index contributed by atoms with van der Waals surface area (Å²) in [5.41, 5.74) is -0.504. The van der Waals surface area contributed by atoms with Crippen molar-refractivity contribution < 1.29 is 14.3 Å². The first-order valence-corrected chi connectivity index (χ1v) is 5.78. The number of nitrogens with zero attached hydrogens (tertiary/aromatic N) is 3. The van der Waals surface area contributed by atoms with Crippen LogP contribution in [0.4, 0.5) is 5.82 Å². The summed E-state index contributed by atoms with van der Waals surface area (Å²) in [7, 11) is 2.87. The number of methoxy groups -OCH3 is 2. The number of aromatic nitrogens is 2. The van der Waals surface area contributed by atoms with Gasteiger partial charge in [0.25, 0.3) is 0 Å². The molecule has 18 heavy (non-hydrogen) atoms. The standard InChI is InChI=1S/C11H14ClN3O3/c1-11(9(16)17-2)5-15(6-11)8-7(12)4-13-10(14-8)18-3/h4H,5-6H2,1-3H3. The number of halogens is 1. The zero-order valence-electron chi connectivity index (χ0n) is 10.4. The molecular formula is C11H14ClN3O3. The second kappa shape index (κ2) is 4.61. The van der Waals surface area contributed by atoms with Gasteiger partial charge in [-0.1, -0.05) is 11.6 Å². The molecule has 2 rings (SSSR count). The van der Waals surface area contributed by atoms with Crippen LogP contribution in [-0.4, -0.2) is 43.2 Å². The Morgan fingerprint density at radius 3 is 2.72 bits per heavy atom. The quantitative estimate of drug-likeness (QED) is 0.768. The van der Waals surface area contributed by atoms with E-state index in [4.69, 9.17) is 21.1 Å². The molecule has 1 aliphatic heterocycles. The van der Waals surface area contributed by atoms with Crippen LogP contribution in [0, 0.1) is 5.41 Å². The second-order valence-electron chi connectivity index (χ2n) is 4.44. The summed E-state index contributed by atoms with van der Waals surface area (Å²) in [6.45, 7) is 2.88. The van der Waals surface area contributed by atoms with Crippen molar-refractivity contribution in [2.45, 2.75) is 6.92 Å². The number of esters is 1. The molecule has 2 heterocycles. The molecule has 0 bridgehead atoms. The highest BCUT2D eigenvalue weighted by atomic mass is 35.5. The summed E-state index contributed by atoms with van der Waals surface area (Å²) < 4.78 is 9.71. The average molecular weight is 272 g/mol. The van der Waals surface area contributed by atoms with Gasteiger partial charge in [0.2, 0.25) is 0 Å². The number of hydrogen-bond acceptors (Lipinski definition) is 6. The molecule has 6 nitrogen and oxygen atoms in total. The zero-order valence-corrected chi connectivity index (χ0v) is 11.2. The molecule has 0 aliphatic carbocycles. The van der Waals surface area contributed by atoms with Crippen LogP contribution >= 0.6 is 11.6 Å². The Hall–Kier alpha value is -1.56. The number of rotatable bonds is 3. The molecule has 0 unspecified atom stereocenters. The smallest absolute Gasteiger partial charge is 0.318 e. The Bertz CT molecular complexity index is 475. The lowest BCUT2D eigenvalue weighted by Gasteiger charge is -2.46. The van der Waals surface area contributed by atoms with E-state index in [1.54, 1.807) is 0 Å². The molecule has 0 atom stereocenters. The van der Waals surface area contributed by atoms with E-state index in [9.17, 15) is 4.79 Å². The minimum absolute atomic E-state index is 0.226. The minimum atomic E-state index is -0.504. The Morgan fingerprint density at radius 1 is 1.50 bits per heavy atom. The summed E-state index contributed by atoms with van der Waals surface area (Å²) in [6, 6.07) is 0.251. The van der Waals surface area contributed by atoms with E-state index in [1.165, 1.54) is 20.4 Å². The number of anilines is 1. The van der Waals surface area contributed by atoms with Crippen LogP contribution in [0.1, 0.15) is 6.92 Å². The van der Waals surface area contributed by atoms with Gasteiger partial charge >= 0.3 is 12.0 Å². The van der Waals surface area contributed by atoms with Crippen molar-refractivity contribution in [2.75, 3.05) is 32.2 Å². The SMILES string of the molecule is COC(=O)C1(C)CN(c2nc(OC)ncc2Cl)C1. The predicted octanol–water partition coefficient (Wildman–Crippen LogP) is 1.14. The monoisotopic (exact) mass is 271 g/mol. The summed E-state index contributed by atoms with van der Waals surface area (Å²) in [4.78, 5) is 21.5. The van der Waals surface area contributed by atoms with Crippen LogP contribution in [0.3, 0.4) is 0 Å². The normalized spacial score (nSPS) is 17.0. The maximum atomic E-state index is 11.6.